The zero-order valence-electron chi connectivity index (χ0n) is 11.9. The lowest BCUT2D eigenvalue weighted by Gasteiger charge is -2.32. The van der Waals surface area contributed by atoms with Crippen LogP contribution in [-0.2, 0) is 11.3 Å². The fraction of sp³-hybridized carbons (Fsp3) is 0.600. The van der Waals surface area contributed by atoms with Gasteiger partial charge in [0.2, 0.25) is 0 Å². The first-order valence-corrected chi connectivity index (χ1v) is 7.49. The number of nitrogens with one attached hydrogen (secondary N) is 1. The third-order valence-corrected chi connectivity index (χ3v) is 3.86. The second kappa shape index (κ2) is 7.84. The van der Waals surface area contributed by atoms with Gasteiger partial charge < -0.3 is 20.1 Å². The summed E-state index contributed by atoms with van der Waals surface area (Å²) >= 11 is 6.37. The van der Waals surface area contributed by atoms with Crippen LogP contribution in [0, 0.1) is 0 Å². The molecule has 112 valence electrons. The van der Waals surface area contributed by atoms with Crippen LogP contribution in [0.1, 0.15) is 18.4 Å². The van der Waals surface area contributed by atoms with Crippen LogP contribution in [0.2, 0.25) is 5.02 Å². The second-order valence-corrected chi connectivity index (χ2v) is 5.60. The number of rotatable bonds is 6. The molecule has 1 atom stereocenters. The van der Waals surface area contributed by atoms with E-state index in [9.17, 15) is 5.11 Å². The molecule has 0 spiro atoms. The van der Waals surface area contributed by atoms with Crippen molar-refractivity contribution >= 4 is 17.3 Å². The Kier molecular flexibility index (Phi) is 6.10. The SMILES string of the molecule is COCCNCc1ccc(N2CCCC(O)C2)c(Cl)c1. The number of hydrogen-bond donors (Lipinski definition) is 2. The Balaban J connectivity index is 1.95. The molecule has 0 bridgehead atoms. The quantitative estimate of drug-likeness (QED) is 0.789. The lowest BCUT2D eigenvalue weighted by molar-refractivity contribution is 0.154. The maximum Gasteiger partial charge on any atom is 0.0715 e. The van der Waals surface area contributed by atoms with Crippen molar-refractivity contribution in [3.05, 3.63) is 28.8 Å². The van der Waals surface area contributed by atoms with E-state index in [2.05, 4.69) is 16.3 Å². The number of methoxy groups -OCH3 is 1. The van der Waals surface area contributed by atoms with Crippen LogP contribution in [-0.4, -0.2) is 44.6 Å². The molecule has 0 aliphatic carbocycles. The highest BCUT2D eigenvalue weighted by Gasteiger charge is 2.19. The molecule has 0 amide bonds. The number of anilines is 1. The van der Waals surface area contributed by atoms with Crippen LogP contribution in [0.5, 0.6) is 0 Å². The van der Waals surface area contributed by atoms with Crippen molar-refractivity contribution in [3.63, 3.8) is 0 Å². The highest BCUT2D eigenvalue weighted by atomic mass is 35.5. The summed E-state index contributed by atoms with van der Waals surface area (Å²) in [6.45, 7) is 3.95. The number of halogens is 1. The molecule has 0 saturated carbocycles. The summed E-state index contributed by atoms with van der Waals surface area (Å²) in [6.07, 6.45) is 1.66. The lowest BCUT2D eigenvalue weighted by Crippen LogP contribution is -2.38. The summed E-state index contributed by atoms with van der Waals surface area (Å²) in [6, 6.07) is 6.13. The van der Waals surface area contributed by atoms with Crippen LogP contribution < -0.4 is 10.2 Å². The molecule has 0 radical (unpaired) electrons. The molecule has 1 saturated heterocycles. The molecular weight excluding hydrogens is 276 g/mol. The van der Waals surface area contributed by atoms with Crippen LogP contribution in [0.15, 0.2) is 18.2 Å². The Hall–Kier alpha value is -0.810. The maximum atomic E-state index is 9.75. The molecule has 5 heteroatoms. The van der Waals surface area contributed by atoms with Gasteiger partial charge in [-0.2, -0.15) is 0 Å². The van der Waals surface area contributed by atoms with Crippen molar-refractivity contribution in [2.45, 2.75) is 25.5 Å². The first-order chi connectivity index (χ1) is 9.70. The summed E-state index contributed by atoms with van der Waals surface area (Å²) in [7, 11) is 1.69. The first kappa shape index (κ1) is 15.6. The zero-order valence-corrected chi connectivity index (χ0v) is 12.7. The third-order valence-electron chi connectivity index (χ3n) is 3.56. The van der Waals surface area contributed by atoms with E-state index in [1.54, 1.807) is 7.11 Å². The van der Waals surface area contributed by atoms with Crippen molar-refractivity contribution in [2.75, 3.05) is 38.3 Å². The number of aliphatic hydroxyl groups is 1. The summed E-state index contributed by atoms with van der Waals surface area (Å²) < 4.78 is 4.99. The van der Waals surface area contributed by atoms with Gasteiger partial charge in [0.25, 0.3) is 0 Å². The largest absolute Gasteiger partial charge is 0.391 e. The van der Waals surface area contributed by atoms with Crippen LogP contribution >= 0.6 is 11.6 Å². The number of ether oxygens (including phenoxy) is 1. The standard InChI is InChI=1S/C15H23ClN2O2/c1-20-8-6-17-10-12-4-5-15(14(16)9-12)18-7-2-3-13(19)11-18/h4-5,9,13,17,19H,2-3,6-8,10-11H2,1H3. The van der Waals surface area contributed by atoms with Crippen LogP contribution in [0.3, 0.4) is 0 Å². The number of hydrogen-bond acceptors (Lipinski definition) is 4. The van der Waals surface area contributed by atoms with E-state index in [4.69, 9.17) is 16.3 Å². The molecule has 1 unspecified atom stereocenters. The second-order valence-electron chi connectivity index (χ2n) is 5.20. The first-order valence-electron chi connectivity index (χ1n) is 7.12. The molecule has 1 aromatic carbocycles. The van der Waals surface area contributed by atoms with Crippen LogP contribution in [0.4, 0.5) is 5.69 Å². The lowest BCUT2D eigenvalue weighted by atomic mass is 10.1. The van der Waals surface area contributed by atoms with Gasteiger partial charge in [-0.1, -0.05) is 17.7 Å². The fourth-order valence-corrected chi connectivity index (χ4v) is 2.82. The van der Waals surface area contributed by atoms with Gasteiger partial charge in [0.15, 0.2) is 0 Å². The smallest absolute Gasteiger partial charge is 0.0715 e. The Labute approximate surface area is 125 Å². The maximum absolute atomic E-state index is 9.75. The molecule has 1 aromatic rings. The molecule has 1 aliphatic heterocycles. The van der Waals surface area contributed by atoms with E-state index >= 15 is 0 Å². The molecule has 1 fully saturated rings. The van der Waals surface area contributed by atoms with Crippen molar-refractivity contribution in [1.82, 2.24) is 5.32 Å². The van der Waals surface area contributed by atoms with E-state index in [1.165, 1.54) is 0 Å². The third kappa shape index (κ3) is 4.35. The Bertz CT molecular complexity index is 428. The predicted octanol–water partition coefficient (Wildman–Crippen LogP) is 2.04. The normalized spacial score (nSPS) is 19.4. The zero-order chi connectivity index (χ0) is 14.4. The molecule has 0 aromatic heterocycles. The van der Waals surface area contributed by atoms with Crippen molar-refractivity contribution in [3.8, 4) is 0 Å². The van der Waals surface area contributed by atoms with Crippen LogP contribution in [0.25, 0.3) is 0 Å². The molecular formula is C15H23ClN2O2. The molecule has 20 heavy (non-hydrogen) atoms. The highest BCUT2D eigenvalue weighted by Crippen LogP contribution is 2.29. The van der Waals surface area contributed by atoms with Crippen molar-refractivity contribution in [1.29, 1.82) is 0 Å². The predicted molar refractivity (Wildman–Crippen MR) is 82.5 cm³/mol. The van der Waals surface area contributed by atoms with Gasteiger partial charge in [0.1, 0.15) is 0 Å². The Morgan fingerprint density at radius 3 is 3.05 bits per heavy atom. The number of piperidine rings is 1. The summed E-state index contributed by atoms with van der Waals surface area (Å²) in [5.41, 5.74) is 2.18. The fourth-order valence-electron chi connectivity index (χ4n) is 2.50. The molecule has 2 rings (SSSR count). The number of aliphatic hydroxyl groups excluding tert-OH is 1. The van der Waals surface area contributed by atoms with Gasteiger partial charge in [-0.05, 0) is 30.5 Å². The van der Waals surface area contributed by atoms with E-state index in [-0.39, 0.29) is 6.10 Å². The van der Waals surface area contributed by atoms with E-state index in [0.717, 1.165) is 48.7 Å². The van der Waals surface area contributed by atoms with Gasteiger partial charge in [-0.3, -0.25) is 0 Å². The van der Waals surface area contributed by atoms with Gasteiger partial charge in [0.05, 0.1) is 23.4 Å². The van der Waals surface area contributed by atoms with Gasteiger partial charge in [0, 0.05) is 33.3 Å². The minimum atomic E-state index is -0.241. The minimum absolute atomic E-state index is 0.241. The van der Waals surface area contributed by atoms with E-state index in [1.807, 2.05) is 12.1 Å². The van der Waals surface area contributed by atoms with Gasteiger partial charge in [-0.25, -0.2) is 0 Å². The van der Waals surface area contributed by atoms with E-state index in [0.29, 0.717) is 13.2 Å². The monoisotopic (exact) mass is 298 g/mol. The topological polar surface area (TPSA) is 44.7 Å². The average Bonchev–Trinajstić information content (AvgIpc) is 2.44. The minimum Gasteiger partial charge on any atom is -0.391 e. The molecule has 2 N–H and O–H groups in total. The Morgan fingerprint density at radius 2 is 2.35 bits per heavy atom. The van der Waals surface area contributed by atoms with E-state index < -0.39 is 0 Å². The average molecular weight is 299 g/mol. The highest BCUT2D eigenvalue weighted by molar-refractivity contribution is 6.33. The number of benzene rings is 1. The molecule has 4 nitrogen and oxygen atoms in total. The summed E-state index contributed by atoms with van der Waals surface area (Å²) in [5, 5.41) is 13.8. The molecule has 1 aliphatic rings. The number of β-amino-alcohol motifs (C(OH)–C–C–N with tert-alkyl or cyclic N) is 1. The summed E-state index contributed by atoms with van der Waals surface area (Å²) in [5.74, 6) is 0. The van der Waals surface area contributed by atoms with Crippen molar-refractivity contribution < 1.29 is 9.84 Å². The van der Waals surface area contributed by atoms with Gasteiger partial charge in [-0.15, -0.1) is 0 Å². The summed E-state index contributed by atoms with van der Waals surface area (Å²) in [4.78, 5) is 2.17. The van der Waals surface area contributed by atoms with Gasteiger partial charge >= 0.3 is 0 Å². The number of nitrogens with zero attached hydrogens (tertiary/aromatic N) is 1. The molecule has 1 heterocycles. The van der Waals surface area contributed by atoms with Crippen molar-refractivity contribution in [2.24, 2.45) is 0 Å². The Morgan fingerprint density at radius 1 is 1.50 bits per heavy atom.